The van der Waals surface area contributed by atoms with Gasteiger partial charge in [0, 0.05) is 21.4 Å². The van der Waals surface area contributed by atoms with Crippen molar-refractivity contribution in [3.05, 3.63) is 63.9 Å². The molecule has 3 nitrogen and oxygen atoms in total. The summed E-state index contributed by atoms with van der Waals surface area (Å²) in [6.07, 6.45) is 1.56. The molecular formula is C15H11BrClN3. The van der Waals surface area contributed by atoms with Gasteiger partial charge in [-0.3, -0.25) is 0 Å². The van der Waals surface area contributed by atoms with Gasteiger partial charge >= 0.3 is 0 Å². The van der Waals surface area contributed by atoms with Gasteiger partial charge < -0.3 is 5.32 Å². The Hall–Kier alpha value is -1.65. The maximum absolute atomic E-state index is 6.15. The van der Waals surface area contributed by atoms with Crippen LogP contribution in [0.1, 0.15) is 5.56 Å². The standard InChI is InChI=1S/C15H11BrClN3/c16-11-5-6-14-12(7-11)15(20-9-19-14)18-8-10-3-1-2-4-13(10)17/h1-7,9H,8H2,(H,18,19,20). The molecule has 0 amide bonds. The van der Waals surface area contributed by atoms with E-state index < -0.39 is 0 Å². The van der Waals surface area contributed by atoms with Crippen molar-refractivity contribution in [2.45, 2.75) is 6.54 Å². The van der Waals surface area contributed by atoms with Crippen molar-refractivity contribution in [3.8, 4) is 0 Å². The summed E-state index contributed by atoms with van der Waals surface area (Å²) in [6.45, 7) is 0.623. The second kappa shape index (κ2) is 5.77. The average molecular weight is 349 g/mol. The highest BCUT2D eigenvalue weighted by molar-refractivity contribution is 9.10. The second-order valence-electron chi connectivity index (χ2n) is 4.33. The summed E-state index contributed by atoms with van der Waals surface area (Å²) >= 11 is 9.62. The number of benzene rings is 2. The second-order valence-corrected chi connectivity index (χ2v) is 5.65. The van der Waals surface area contributed by atoms with Crippen molar-refractivity contribution in [1.82, 2.24) is 9.97 Å². The number of aromatic nitrogens is 2. The maximum atomic E-state index is 6.15. The molecule has 3 rings (SSSR count). The number of hydrogen-bond donors (Lipinski definition) is 1. The van der Waals surface area contributed by atoms with Crippen molar-refractivity contribution >= 4 is 44.3 Å². The molecule has 3 aromatic rings. The molecule has 5 heteroatoms. The van der Waals surface area contributed by atoms with Crippen LogP contribution in [-0.2, 0) is 6.54 Å². The summed E-state index contributed by atoms with van der Waals surface area (Å²) in [5.41, 5.74) is 1.95. The van der Waals surface area contributed by atoms with Crippen LogP contribution in [0.25, 0.3) is 10.9 Å². The first-order valence-corrected chi connectivity index (χ1v) is 7.29. The number of nitrogens with one attached hydrogen (secondary N) is 1. The van der Waals surface area contributed by atoms with Crippen LogP contribution in [0.2, 0.25) is 5.02 Å². The Morgan fingerprint density at radius 3 is 2.80 bits per heavy atom. The molecule has 2 aromatic carbocycles. The van der Waals surface area contributed by atoms with E-state index in [1.165, 1.54) is 0 Å². The van der Waals surface area contributed by atoms with E-state index in [2.05, 4.69) is 31.2 Å². The van der Waals surface area contributed by atoms with Crippen LogP contribution in [0.3, 0.4) is 0 Å². The smallest absolute Gasteiger partial charge is 0.137 e. The third-order valence-electron chi connectivity index (χ3n) is 3.00. The first kappa shape index (κ1) is 13.3. The minimum Gasteiger partial charge on any atom is -0.365 e. The summed E-state index contributed by atoms with van der Waals surface area (Å²) in [5.74, 6) is 0.802. The molecule has 1 aromatic heterocycles. The Balaban J connectivity index is 1.91. The molecule has 1 N–H and O–H groups in total. The van der Waals surface area contributed by atoms with Crippen LogP contribution in [0.4, 0.5) is 5.82 Å². The molecule has 0 unspecified atom stereocenters. The molecule has 0 saturated heterocycles. The largest absolute Gasteiger partial charge is 0.365 e. The van der Waals surface area contributed by atoms with Crippen LogP contribution in [-0.4, -0.2) is 9.97 Å². The Bertz CT molecular complexity index is 761. The number of nitrogens with zero attached hydrogens (tertiary/aromatic N) is 2. The molecule has 0 fully saturated rings. The highest BCUT2D eigenvalue weighted by Crippen LogP contribution is 2.24. The number of rotatable bonds is 3. The number of fused-ring (bicyclic) bond motifs is 1. The van der Waals surface area contributed by atoms with Gasteiger partial charge in [0.05, 0.1) is 5.52 Å². The molecule has 0 aliphatic rings. The third-order valence-corrected chi connectivity index (χ3v) is 3.86. The number of hydrogen-bond acceptors (Lipinski definition) is 3. The molecule has 0 radical (unpaired) electrons. The predicted molar refractivity (Wildman–Crippen MR) is 86.0 cm³/mol. The van der Waals surface area contributed by atoms with Gasteiger partial charge in [0.25, 0.3) is 0 Å². The lowest BCUT2D eigenvalue weighted by atomic mass is 10.2. The van der Waals surface area contributed by atoms with Gasteiger partial charge in [0.1, 0.15) is 12.1 Å². The molecule has 0 bridgehead atoms. The predicted octanol–water partition coefficient (Wildman–Crippen LogP) is 4.66. The summed E-state index contributed by atoms with van der Waals surface area (Å²) in [5, 5.41) is 5.05. The zero-order valence-electron chi connectivity index (χ0n) is 10.5. The quantitative estimate of drug-likeness (QED) is 0.748. The minimum absolute atomic E-state index is 0.623. The molecule has 0 saturated carbocycles. The van der Waals surface area contributed by atoms with Gasteiger partial charge in [-0.25, -0.2) is 9.97 Å². The van der Waals surface area contributed by atoms with Crippen LogP contribution < -0.4 is 5.32 Å². The van der Waals surface area contributed by atoms with Gasteiger partial charge in [-0.1, -0.05) is 45.7 Å². The highest BCUT2D eigenvalue weighted by atomic mass is 79.9. The van der Waals surface area contributed by atoms with E-state index >= 15 is 0 Å². The lowest BCUT2D eigenvalue weighted by molar-refractivity contribution is 1.10. The normalized spacial score (nSPS) is 10.7. The van der Waals surface area contributed by atoms with Crippen molar-refractivity contribution in [2.24, 2.45) is 0 Å². The number of halogens is 2. The minimum atomic E-state index is 0.623. The van der Waals surface area contributed by atoms with E-state index in [9.17, 15) is 0 Å². The van der Waals surface area contributed by atoms with E-state index in [1.54, 1.807) is 6.33 Å². The van der Waals surface area contributed by atoms with Gasteiger partial charge in [-0.2, -0.15) is 0 Å². The number of anilines is 1. The summed E-state index contributed by atoms with van der Waals surface area (Å²) in [6, 6.07) is 13.7. The van der Waals surface area contributed by atoms with Crippen LogP contribution in [0.15, 0.2) is 53.3 Å². The SMILES string of the molecule is Clc1ccccc1CNc1ncnc2ccc(Br)cc12. The van der Waals surface area contributed by atoms with Crippen molar-refractivity contribution in [3.63, 3.8) is 0 Å². The molecule has 1 heterocycles. The third kappa shape index (κ3) is 2.76. The monoisotopic (exact) mass is 347 g/mol. The molecule has 0 spiro atoms. The fourth-order valence-corrected chi connectivity index (χ4v) is 2.55. The lowest BCUT2D eigenvalue weighted by Gasteiger charge is -2.09. The zero-order chi connectivity index (χ0) is 13.9. The Morgan fingerprint density at radius 1 is 1.10 bits per heavy atom. The lowest BCUT2D eigenvalue weighted by Crippen LogP contribution is -2.03. The molecular weight excluding hydrogens is 338 g/mol. The summed E-state index contributed by atoms with van der Waals surface area (Å²) in [4.78, 5) is 8.56. The maximum Gasteiger partial charge on any atom is 0.137 e. The fraction of sp³-hybridized carbons (Fsp3) is 0.0667. The van der Waals surface area contributed by atoms with Crippen LogP contribution in [0, 0.1) is 0 Å². The van der Waals surface area contributed by atoms with Crippen molar-refractivity contribution in [2.75, 3.05) is 5.32 Å². The topological polar surface area (TPSA) is 37.8 Å². The van der Waals surface area contributed by atoms with Crippen LogP contribution >= 0.6 is 27.5 Å². The van der Waals surface area contributed by atoms with Gasteiger partial charge in [0.2, 0.25) is 0 Å². The Kier molecular flexibility index (Phi) is 3.85. The van der Waals surface area contributed by atoms with Crippen LogP contribution in [0.5, 0.6) is 0 Å². The molecule has 0 aliphatic heterocycles. The molecule has 100 valence electrons. The summed E-state index contributed by atoms with van der Waals surface area (Å²) < 4.78 is 1.00. The van der Waals surface area contributed by atoms with E-state index in [0.717, 1.165) is 31.8 Å². The van der Waals surface area contributed by atoms with E-state index in [0.29, 0.717) is 6.54 Å². The first-order chi connectivity index (χ1) is 9.74. The Morgan fingerprint density at radius 2 is 1.95 bits per heavy atom. The van der Waals surface area contributed by atoms with Crippen molar-refractivity contribution in [1.29, 1.82) is 0 Å². The molecule has 20 heavy (non-hydrogen) atoms. The van der Waals surface area contributed by atoms with Gasteiger partial charge in [-0.15, -0.1) is 0 Å². The highest BCUT2D eigenvalue weighted by Gasteiger charge is 2.05. The Labute approximate surface area is 130 Å². The van der Waals surface area contributed by atoms with Gasteiger partial charge in [-0.05, 0) is 29.8 Å². The van der Waals surface area contributed by atoms with Gasteiger partial charge in [0.15, 0.2) is 0 Å². The average Bonchev–Trinajstić information content (AvgIpc) is 2.46. The first-order valence-electron chi connectivity index (χ1n) is 6.11. The fourth-order valence-electron chi connectivity index (χ4n) is 1.99. The zero-order valence-corrected chi connectivity index (χ0v) is 12.8. The van der Waals surface area contributed by atoms with Crippen molar-refractivity contribution < 1.29 is 0 Å². The molecule has 0 aliphatic carbocycles. The molecule has 0 atom stereocenters. The van der Waals surface area contributed by atoms with E-state index in [4.69, 9.17) is 11.6 Å². The van der Waals surface area contributed by atoms with E-state index in [1.807, 2.05) is 42.5 Å². The summed E-state index contributed by atoms with van der Waals surface area (Å²) in [7, 11) is 0. The van der Waals surface area contributed by atoms with E-state index in [-0.39, 0.29) is 0 Å².